The van der Waals surface area contributed by atoms with Gasteiger partial charge in [0.1, 0.15) is 5.71 Å². The first-order valence-corrected chi connectivity index (χ1v) is 5.56. The lowest BCUT2D eigenvalue weighted by atomic mass is 10.2. The monoisotopic (exact) mass is 252 g/mol. The number of nitrogens with one attached hydrogen (secondary N) is 2. The molecule has 6 heteroatoms. The average Bonchev–Trinajstić information content (AvgIpc) is 2.96. The number of hydrogen-bond donors (Lipinski definition) is 2. The van der Waals surface area contributed by atoms with E-state index in [0.29, 0.717) is 12.2 Å². The molecule has 17 heavy (non-hydrogen) atoms. The highest BCUT2D eigenvalue weighted by molar-refractivity contribution is 5.97. The summed E-state index contributed by atoms with van der Waals surface area (Å²) in [5.41, 5.74) is -0.951. The van der Waals surface area contributed by atoms with Gasteiger partial charge in [0, 0.05) is 12.2 Å². The lowest BCUT2D eigenvalue weighted by Gasteiger charge is -2.12. The first-order chi connectivity index (χ1) is 7.80. The molecule has 0 radical (unpaired) electrons. The highest BCUT2D eigenvalue weighted by atomic mass is 19.4. The van der Waals surface area contributed by atoms with Crippen molar-refractivity contribution in [2.24, 2.45) is 5.92 Å². The molecule has 2 N–H and O–H groups in total. The van der Waals surface area contributed by atoms with Crippen molar-refractivity contribution in [3.8, 4) is 0 Å². The maximum Gasteiger partial charge on any atom is 0.432 e. The van der Waals surface area contributed by atoms with Gasteiger partial charge in [-0.25, -0.2) is 4.39 Å². The van der Waals surface area contributed by atoms with Crippen LogP contribution in [0.25, 0.3) is 0 Å². The first-order valence-electron chi connectivity index (χ1n) is 5.56. The van der Waals surface area contributed by atoms with E-state index in [1.165, 1.54) is 6.92 Å². The van der Waals surface area contributed by atoms with Gasteiger partial charge in [0.05, 0.1) is 6.17 Å². The van der Waals surface area contributed by atoms with Crippen molar-refractivity contribution in [3.05, 3.63) is 11.8 Å². The Hall–Kier alpha value is -1.07. The van der Waals surface area contributed by atoms with Crippen LogP contribution in [0.2, 0.25) is 0 Å². The van der Waals surface area contributed by atoms with Gasteiger partial charge in [0.2, 0.25) is 0 Å². The fraction of sp³-hybridized carbons (Fsp3) is 0.727. The molecule has 0 amide bonds. The highest BCUT2D eigenvalue weighted by Gasteiger charge is 2.35. The molecule has 1 saturated carbocycles. The predicted octanol–water partition coefficient (Wildman–Crippen LogP) is 3.20. The van der Waals surface area contributed by atoms with Crippen LogP contribution in [0, 0.1) is 11.3 Å². The van der Waals surface area contributed by atoms with Gasteiger partial charge in [-0.2, -0.15) is 13.2 Å². The number of hydrogen-bond acceptors (Lipinski definition) is 2. The summed E-state index contributed by atoms with van der Waals surface area (Å²) in [6, 6.07) is 0. The Morgan fingerprint density at radius 3 is 2.47 bits per heavy atom. The molecule has 0 aromatic heterocycles. The van der Waals surface area contributed by atoms with Crippen LogP contribution >= 0.6 is 0 Å². The van der Waals surface area contributed by atoms with Crippen LogP contribution in [0.4, 0.5) is 17.6 Å². The summed E-state index contributed by atoms with van der Waals surface area (Å²) in [5, 5.41) is 9.69. The molecule has 1 atom stereocenters. The lowest BCUT2D eigenvalue weighted by Crippen LogP contribution is -2.24. The van der Waals surface area contributed by atoms with Crippen LogP contribution in [0.5, 0.6) is 0 Å². The molecule has 1 rings (SSSR count). The van der Waals surface area contributed by atoms with E-state index in [4.69, 9.17) is 5.41 Å². The summed E-state index contributed by atoms with van der Waals surface area (Å²) in [7, 11) is 0. The zero-order chi connectivity index (χ0) is 13.1. The molecule has 1 aliphatic carbocycles. The summed E-state index contributed by atoms with van der Waals surface area (Å²) in [5.74, 6) is 0.0765. The number of halogens is 4. The molecule has 0 aromatic rings. The van der Waals surface area contributed by atoms with Gasteiger partial charge in [0.25, 0.3) is 0 Å². The zero-order valence-corrected chi connectivity index (χ0v) is 9.57. The molecule has 98 valence electrons. The third-order valence-electron chi connectivity index (χ3n) is 2.49. The number of alkyl halides is 4. The van der Waals surface area contributed by atoms with E-state index >= 15 is 0 Å². The molecule has 0 aliphatic heterocycles. The Bertz CT molecular complexity index is 303. The molecular weight excluding hydrogens is 236 g/mol. The van der Waals surface area contributed by atoms with E-state index in [0.717, 1.165) is 18.9 Å². The van der Waals surface area contributed by atoms with Crippen molar-refractivity contribution in [1.29, 1.82) is 5.41 Å². The van der Waals surface area contributed by atoms with Crippen LogP contribution < -0.4 is 5.32 Å². The van der Waals surface area contributed by atoms with E-state index in [-0.39, 0.29) is 12.3 Å². The maximum atomic E-state index is 12.5. The Morgan fingerprint density at radius 1 is 1.47 bits per heavy atom. The molecule has 1 unspecified atom stereocenters. The smallest absolute Gasteiger partial charge is 0.388 e. The van der Waals surface area contributed by atoms with Crippen LogP contribution in [-0.4, -0.2) is 24.6 Å². The summed E-state index contributed by atoms with van der Waals surface area (Å²) in [6.07, 6.45) is -2.87. The third kappa shape index (κ3) is 5.19. The van der Waals surface area contributed by atoms with Gasteiger partial charge in [-0.1, -0.05) is 0 Å². The number of rotatable bonds is 6. The molecular formula is C11H16F4N2. The van der Waals surface area contributed by atoms with Crippen LogP contribution in [0.3, 0.4) is 0 Å². The second-order valence-electron chi connectivity index (χ2n) is 4.28. The van der Waals surface area contributed by atoms with Gasteiger partial charge in [-0.05, 0) is 38.2 Å². The number of allylic oxidation sites excluding steroid dienone is 2. The van der Waals surface area contributed by atoms with E-state index < -0.39 is 18.1 Å². The Labute approximate surface area is 97.6 Å². The Balaban J connectivity index is 2.53. The van der Waals surface area contributed by atoms with E-state index in [1.807, 2.05) is 0 Å². The predicted molar refractivity (Wildman–Crippen MR) is 57.8 cm³/mol. The molecule has 0 saturated heterocycles. The van der Waals surface area contributed by atoms with Crippen LogP contribution in [0.1, 0.15) is 26.2 Å². The first kappa shape index (κ1) is 14.0. The van der Waals surface area contributed by atoms with Crippen molar-refractivity contribution in [1.82, 2.24) is 5.32 Å². The van der Waals surface area contributed by atoms with Crippen LogP contribution in [-0.2, 0) is 0 Å². The van der Waals surface area contributed by atoms with Gasteiger partial charge < -0.3 is 5.32 Å². The fourth-order valence-corrected chi connectivity index (χ4v) is 1.36. The van der Waals surface area contributed by atoms with Crippen molar-refractivity contribution >= 4 is 5.71 Å². The Morgan fingerprint density at radius 2 is 2.06 bits per heavy atom. The zero-order valence-electron chi connectivity index (χ0n) is 9.57. The van der Waals surface area contributed by atoms with Gasteiger partial charge in [0.15, 0.2) is 0 Å². The van der Waals surface area contributed by atoms with E-state index in [2.05, 4.69) is 5.32 Å². The van der Waals surface area contributed by atoms with Crippen LogP contribution in [0.15, 0.2) is 11.8 Å². The van der Waals surface area contributed by atoms with E-state index in [9.17, 15) is 17.6 Å². The molecule has 1 aliphatic rings. The molecule has 0 aromatic carbocycles. The maximum absolute atomic E-state index is 12.5. The molecule has 0 heterocycles. The SMILES string of the molecule is CC(F)CCN/C(=C\C(=N)C(F)(F)F)C1CC1. The molecule has 0 spiro atoms. The standard InChI is InChI=1S/C11H16F4N2/c1-7(12)4-5-17-9(8-2-3-8)6-10(16)11(13,14)15/h6-8,16-17H,2-5H2,1H3/b9-6-,16-10?. The second kappa shape index (κ2) is 5.51. The van der Waals surface area contributed by atoms with Gasteiger partial charge in [-0.15, -0.1) is 0 Å². The minimum atomic E-state index is -4.62. The van der Waals surface area contributed by atoms with Crippen molar-refractivity contribution in [3.63, 3.8) is 0 Å². The minimum Gasteiger partial charge on any atom is -0.388 e. The van der Waals surface area contributed by atoms with E-state index in [1.54, 1.807) is 0 Å². The Kier molecular flexibility index (Phi) is 4.54. The normalized spacial score (nSPS) is 19.0. The topological polar surface area (TPSA) is 35.9 Å². The van der Waals surface area contributed by atoms with Gasteiger partial charge in [-0.3, -0.25) is 5.41 Å². The fourth-order valence-electron chi connectivity index (χ4n) is 1.36. The summed E-state index contributed by atoms with van der Waals surface area (Å²) in [6.45, 7) is 1.70. The molecule has 1 fully saturated rings. The largest absolute Gasteiger partial charge is 0.432 e. The average molecular weight is 252 g/mol. The highest BCUT2D eigenvalue weighted by Crippen LogP contribution is 2.35. The summed E-state index contributed by atoms with van der Waals surface area (Å²) in [4.78, 5) is 0. The minimum absolute atomic E-state index is 0.0765. The molecule has 2 nitrogen and oxygen atoms in total. The van der Waals surface area contributed by atoms with Crippen molar-refractivity contribution in [2.45, 2.75) is 38.5 Å². The van der Waals surface area contributed by atoms with Crippen molar-refractivity contribution in [2.75, 3.05) is 6.54 Å². The summed E-state index contributed by atoms with van der Waals surface area (Å²) >= 11 is 0. The lowest BCUT2D eigenvalue weighted by molar-refractivity contribution is -0.0584. The summed E-state index contributed by atoms with van der Waals surface area (Å²) < 4.78 is 49.1. The third-order valence-corrected chi connectivity index (χ3v) is 2.49. The second-order valence-corrected chi connectivity index (χ2v) is 4.28. The quantitative estimate of drug-likeness (QED) is 0.552. The van der Waals surface area contributed by atoms with Gasteiger partial charge >= 0.3 is 6.18 Å². The van der Waals surface area contributed by atoms with Crippen molar-refractivity contribution < 1.29 is 17.6 Å². The molecule has 0 bridgehead atoms.